The molecule has 220 valence electrons. The number of ether oxygens (including phenoxy) is 2. The van der Waals surface area contributed by atoms with Gasteiger partial charge in [-0.2, -0.15) is 0 Å². The predicted molar refractivity (Wildman–Crippen MR) is 165 cm³/mol. The van der Waals surface area contributed by atoms with Crippen molar-refractivity contribution in [3.63, 3.8) is 0 Å². The molecule has 0 atom stereocenters. The van der Waals surface area contributed by atoms with Crippen LogP contribution in [0.4, 0.5) is 10.5 Å². The van der Waals surface area contributed by atoms with Crippen LogP contribution in [0.3, 0.4) is 0 Å². The molecule has 1 aromatic heterocycles. The van der Waals surface area contributed by atoms with E-state index in [4.69, 9.17) is 21.1 Å². The molecule has 0 bridgehead atoms. The number of benzene rings is 2. The van der Waals surface area contributed by atoms with Crippen LogP contribution < -0.4 is 14.8 Å². The van der Waals surface area contributed by atoms with Crippen molar-refractivity contribution in [2.24, 2.45) is 0 Å². The zero-order valence-corrected chi connectivity index (χ0v) is 25.6. The van der Waals surface area contributed by atoms with Gasteiger partial charge >= 0.3 is 6.03 Å². The molecule has 0 aliphatic carbocycles. The summed E-state index contributed by atoms with van der Waals surface area (Å²) in [5.41, 5.74) is 2.79. The Kier molecular flexibility index (Phi) is 11.3. The van der Waals surface area contributed by atoms with E-state index < -0.39 is 0 Å². The third kappa shape index (κ3) is 8.86. The van der Waals surface area contributed by atoms with Gasteiger partial charge in [0.05, 0.1) is 20.8 Å². The predicted octanol–water partition coefficient (Wildman–Crippen LogP) is 5.93. The van der Waals surface area contributed by atoms with Crippen LogP contribution in [0.2, 0.25) is 5.02 Å². The van der Waals surface area contributed by atoms with Gasteiger partial charge in [0.15, 0.2) is 11.5 Å². The fourth-order valence-corrected chi connectivity index (χ4v) is 6.00. The first-order chi connectivity index (χ1) is 19.9. The van der Waals surface area contributed by atoms with Gasteiger partial charge in [-0.1, -0.05) is 23.7 Å². The molecule has 3 aromatic rings. The third-order valence-corrected chi connectivity index (χ3v) is 8.59. The molecule has 1 aliphatic heterocycles. The van der Waals surface area contributed by atoms with Crippen molar-refractivity contribution in [3.8, 4) is 11.5 Å². The van der Waals surface area contributed by atoms with Crippen molar-refractivity contribution in [2.75, 3.05) is 58.8 Å². The average Bonchev–Trinajstić information content (AvgIpc) is 3.64. The minimum absolute atomic E-state index is 0.0173. The number of nitrogens with one attached hydrogen (secondary N) is 1. The standard InChI is InChI=1S/C31H39ClN4O4S/c1-23-12-18-41-29(23)21-35(15-11-24-9-10-27(39-2)28(19-24)40-3)30(37)22-36(17-16-34-13-4-5-14-34)31(38)33-26-8-6-7-25(32)20-26/h6-10,12,18-20H,4-5,11,13-17,21-22H2,1-3H3,(H,33,38). The van der Waals surface area contributed by atoms with E-state index in [0.29, 0.717) is 48.3 Å². The molecule has 2 heterocycles. The number of anilines is 1. The van der Waals surface area contributed by atoms with Gasteiger partial charge in [-0.25, -0.2) is 4.79 Å². The number of hydrogen-bond donors (Lipinski definition) is 1. The van der Waals surface area contributed by atoms with Crippen LogP contribution in [0, 0.1) is 6.92 Å². The van der Waals surface area contributed by atoms with E-state index in [0.717, 1.165) is 48.5 Å². The second-order valence-corrected chi connectivity index (χ2v) is 11.6. The summed E-state index contributed by atoms with van der Waals surface area (Å²) >= 11 is 7.78. The average molecular weight is 599 g/mol. The highest BCUT2D eigenvalue weighted by molar-refractivity contribution is 7.10. The second kappa shape index (κ2) is 15.1. The number of carbonyl (C=O) groups is 2. The van der Waals surface area contributed by atoms with Crippen LogP contribution in [0.5, 0.6) is 11.5 Å². The first-order valence-electron chi connectivity index (χ1n) is 13.9. The SMILES string of the molecule is COc1ccc(CCN(Cc2sccc2C)C(=O)CN(CCN2CCCC2)C(=O)Nc2cccc(Cl)c2)cc1OC. The number of hydrogen-bond acceptors (Lipinski definition) is 6. The smallest absolute Gasteiger partial charge is 0.322 e. The van der Waals surface area contributed by atoms with E-state index in [1.807, 2.05) is 28.5 Å². The number of aryl methyl sites for hydroxylation is 1. The Hall–Kier alpha value is -3.27. The first kappa shape index (κ1) is 30.7. The number of carbonyl (C=O) groups excluding carboxylic acids is 2. The summed E-state index contributed by atoms with van der Waals surface area (Å²) in [6, 6.07) is 14.6. The molecular formula is C31H39ClN4O4S. The van der Waals surface area contributed by atoms with Gasteiger partial charge < -0.3 is 29.5 Å². The Morgan fingerprint density at radius 2 is 1.78 bits per heavy atom. The summed E-state index contributed by atoms with van der Waals surface area (Å²) in [6.07, 6.45) is 2.97. The lowest BCUT2D eigenvalue weighted by Gasteiger charge is -2.29. The number of halogens is 1. The van der Waals surface area contributed by atoms with Crippen LogP contribution in [0.1, 0.15) is 28.8 Å². The van der Waals surface area contributed by atoms with Gasteiger partial charge in [0.2, 0.25) is 5.91 Å². The van der Waals surface area contributed by atoms with Crippen molar-refractivity contribution in [1.29, 1.82) is 0 Å². The monoisotopic (exact) mass is 598 g/mol. The molecule has 1 aliphatic rings. The first-order valence-corrected chi connectivity index (χ1v) is 15.2. The molecule has 0 radical (unpaired) electrons. The summed E-state index contributed by atoms with van der Waals surface area (Å²) in [5, 5.41) is 5.51. The number of methoxy groups -OCH3 is 2. The van der Waals surface area contributed by atoms with E-state index in [2.05, 4.69) is 23.2 Å². The molecule has 0 spiro atoms. The van der Waals surface area contributed by atoms with Crippen LogP contribution in [-0.2, 0) is 17.8 Å². The zero-order valence-electron chi connectivity index (χ0n) is 24.0. The highest BCUT2D eigenvalue weighted by Crippen LogP contribution is 2.28. The Morgan fingerprint density at radius 3 is 2.46 bits per heavy atom. The van der Waals surface area contributed by atoms with Crippen molar-refractivity contribution in [1.82, 2.24) is 14.7 Å². The maximum absolute atomic E-state index is 13.9. The maximum atomic E-state index is 13.9. The number of likely N-dealkylation sites (tertiary alicyclic amines) is 1. The summed E-state index contributed by atoms with van der Waals surface area (Å²) in [4.78, 5) is 34.2. The third-order valence-electron chi connectivity index (χ3n) is 7.35. The number of amides is 3. The van der Waals surface area contributed by atoms with Crippen LogP contribution in [-0.4, -0.2) is 80.1 Å². The Labute approximate surface area is 251 Å². The van der Waals surface area contributed by atoms with Crippen LogP contribution in [0.15, 0.2) is 53.9 Å². The van der Waals surface area contributed by atoms with E-state index in [9.17, 15) is 9.59 Å². The van der Waals surface area contributed by atoms with E-state index in [1.54, 1.807) is 54.7 Å². The molecule has 41 heavy (non-hydrogen) atoms. The quantitative estimate of drug-likeness (QED) is 0.264. The summed E-state index contributed by atoms with van der Waals surface area (Å²) < 4.78 is 10.8. The van der Waals surface area contributed by atoms with E-state index >= 15 is 0 Å². The van der Waals surface area contributed by atoms with Gasteiger partial charge in [0.25, 0.3) is 0 Å². The molecule has 0 saturated carbocycles. The van der Waals surface area contributed by atoms with Gasteiger partial charge in [0.1, 0.15) is 6.54 Å². The highest BCUT2D eigenvalue weighted by atomic mass is 35.5. The van der Waals surface area contributed by atoms with E-state index in [-0.39, 0.29) is 18.5 Å². The van der Waals surface area contributed by atoms with Gasteiger partial charge in [-0.15, -0.1) is 11.3 Å². The maximum Gasteiger partial charge on any atom is 0.322 e. The minimum atomic E-state index is -0.313. The molecule has 3 amide bonds. The second-order valence-electron chi connectivity index (χ2n) is 10.2. The topological polar surface area (TPSA) is 74.4 Å². The molecule has 2 aromatic carbocycles. The number of nitrogens with zero attached hydrogens (tertiary/aromatic N) is 3. The summed E-state index contributed by atoms with van der Waals surface area (Å²) in [5.74, 6) is 1.22. The molecule has 1 saturated heterocycles. The summed E-state index contributed by atoms with van der Waals surface area (Å²) in [7, 11) is 3.22. The van der Waals surface area contributed by atoms with Gasteiger partial charge in [0, 0.05) is 35.2 Å². The van der Waals surface area contributed by atoms with E-state index in [1.165, 1.54) is 0 Å². The zero-order chi connectivity index (χ0) is 29.2. The number of urea groups is 1. The molecular weight excluding hydrogens is 560 g/mol. The Bertz CT molecular complexity index is 1310. The molecule has 4 rings (SSSR count). The van der Waals surface area contributed by atoms with Crippen molar-refractivity contribution in [3.05, 3.63) is 74.9 Å². The lowest BCUT2D eigenvalue weighted by Crippen LogP contribution is -2.47. The van der Waals surface area contributed by atoms with Crippen LogP contribution >= 0.6 is 22.9 Å². The van der Waals surface area contributed by atoms with Crippen molar-refractivity contribution in [2.45, 2.75) is 32.7 Å². The van der Waals surface area contributed by atoms with Crippen LogP contribution in [0.25, 0.3) is 0 Å². The molecule has 10 heteroatoms. The fourth-order valence-electron chi connectivity index (χ4n) is 4.88. The molecule has 1 fully saturated rings. The molecule has 1 N–H and O–H groups in total. The number of rotatable bonds is 13. The summed E-state index contributed by atoms with van der Waals surface area (Å²) in [6.45, 7) is 6.26. The number of thiophene rings is 1. The lowest BCUT2D eigenvalue weighted by atomic mass is 10.1. The Morgan fingerprint density at radius 1 is 1.00 bits per heavy atom. The fraction of sp³-hybridized carbons (Fsp3) is 0.419. The molecule has 0 unspecified atom stereocenters. The Balaban J connectivity index is 1.50. The largest absolute Gasteiger partial charge is 0.493 e. The highest BCUT2D eigenvalue weighted by Gasteiger charge is 2.24. The lowest BCUT2D eigenvalue weighted by molar-refractivity contribution is -0.132. The molecule has 8 nitrogen and oxygen atoms in total. The van der Waals surface area contributed by atoms with Crippen molar-refractivity contribution < 1.29 is 19.1 Å². The van der Waals surface area contributed by atoms with Gasteiger partial charge in [-0.05, 0) is 92.2 Å². The minimum Gasteiger partial charge on any atom is -0.493 e. The van der Waals surface area contributed by atoms with Crippen molar-refractivity contribution >= 4 is 40.6 Å². The normalized spacial score (nSPS) is 13.2. The van der Waals surface area contributed by atoms with Gasteiger partial charge in [-0.3, -0.25) is 4.79 Å².